The van der Waals surface area contributed by atoms with E-state index < -0.39 is 0 Å². The van der Waals surface area contributed by atoms with Crippen LogP contribution in [0, 0.1) is 0 Å². The van der Waals surface area contributed by atoms with Crippen LogP contribution in [0.4, 0.5) is 0 Å². The van der Waals surface area contributed by atoms with Crippen LogP contribution in [0.3, 0.4) is 0 Å². The third kappa shape index (κ3) is 3.50. The van der Waals surface area contributed by atoms with Crippen LogP contribution in [0.15, 0.2) is 24.4 Å². The first-order valence-electron chi connectivity index (χ1n) is 8.78. The van der Waals surface area contributed by atoms with Crippen molar-refractivity contribution in [2.75, 3.05) is 26.3 Å². The van der Waals surface area contributed by atoms with Gasteiger partial charge in [0.1, 0.15) is 0 Å². The second-order valence-electron chi connectivity index (χ2n) is 7.04. The minimum Gasteiger partial charge on any atom is -0.378 e. The molecule has 6 heteroatoms. The van der Waals surface area contributed by atoms with Crippen molar-refractivity contribution in [3.05, 3.63) is 40.7 Å². The molecule has 0 spiro atoms. The number of nitrogens with zero attached hydrogens (tertiary/aromatic N) is 2. The average Bonchev–Trinajstić information content (AvgIpc) is 2.53. The van der Waals surface area contributed by atoms with Crippen LogP contribution in [0.5, 0.6) is 0 Å². The molecule has 2 N–H and O–H groups in total. The lowest BCUT2D eigenvalue weighted by atomic mass is 9.87. The predicted octanol–water partition coefficient (Wildman–Crippen LogP) is 2.49. The number of ether oxygens (including phenoxy) is 1. The lowest BCUT2D eigenvalue weighted by molar-refractivity contribution is -0.117. The number of likely N-dealkylation sites (tertiary alicyclic amines) is 1. The Kier molecular flexibility index (Phi) is 4.63. The van der Waals surface area contributed by atoms with E-state index in [2.05, 4.69) is 16.0 Å². The molecule has 2 fully saturated rings. The molecule has 1 aromatic carbocycles. The summed E-state index contributed by atoms with van der Waals surface area (Å²) in [6.07, 6.45) is 4.15. The summed E-state index contributed by atoms with van der Waals surface area (Å²) < 4.78 is 5.30. The standard InChI is InChI=1S/C19H22ClN3O2/c20-18-7-14-9-22-15(8-19(21)24)5-13(14)6-17(18)12-1-3-23(4-2-12)16-10-25-11-16/h5-7,9,12,16H,1-4,8,10-11H2,(H2,21,24). The minimum absolute atomic E-state index is 0.162. The van der Waals surface area contributed by atoms with E-state index in [0.29, 0.717) is 17.7 Å². The molecule has 4 rings (SSSR count). The smallest absolute Gasteiger partial charge is 0.223 e. The van der Waals surface area contributed by atoms with Crippen LogP contribution in [-0.4, -0.2) is 48.1 Å². The maximum Gasteiger partial charge on any atom is 0.223 e. The van der Waals surface area contributed by atoms with Crippen molar-refractivity contribution in [2.45, 2.75) is 31.2 Å². The molecule has 0 bridgehead atoms. The summed E-state index contributed by atoms with van der Waals surface area (Å²) in [5.74, 6) is 0.107. The number of aromatic nitrogens is 1. The van der Waals surface area contributed by atoms with Crippen molar-refractivity contribution in [1.29, 1.82) is 0 Å². The highest BCUT2D eigenvalue weighted by atomic mass is 35.5. The molecule has 0 saturated carbocycles. The minimum atomic E-state index is -0.367. The number of primary amides is 1. The van der Waals surface area contributed by atoms with Gasteiger partial charge in [-0.25, -0.2) is 0 Å². The molecule has 2 aliphatic rings. The number of hydrogen-bond donors (Lipinski definition) is 1. The molecule has 132 valence electrons. The van der Waals surface area contributed by atoms with E-state index in [4.69, 9.17) is 22.1 Å². The first kappa shape index (κ1) is 16.8. The van der Waals surface area contributed by atoms with Gasteiger partial charge in [0.25, 0.3) is 0 Å². The van der Waals surface area contributed by atoms with Gasteiger partial charge in [-0.3, -0.25) is 14.7 Å². The molecule has 0 unspecified atom stereocenters. The number of amides is 1. The summed E-state index contributed by atoms with van der Waals surface area (Å²) in [6, 6.07) is 6.70. The quantitative estimate of drug-likeness (QED) is 0.910. The monoisotopic (exact) mass is 359 g/mol. The summed E-state index contributed by atoms with van der Waals surface area (Å²) in [5, 5.41) is 2.87. The van der Waals surface area contributed by atoms with Gasteiger partial charge in [0.15, 0.2) is 0 Å². The molecule has 1 amide bonds. The highest BCUT2D eigenvalue weighted by Crippen LogP contribution is 2.36. The fourth-order valence-corrected chi connectivity index (χ4v) is 4.15. The largest absolute Gasteiger partial charge is 0.378 e. The van der Waals surface area contributed by atoms with Crippen LogP contribution in [0.1, 0.15) is 30.0 Å². The number of nitrogens with two attached hydrogens (primary N) is 1. The van der Waals surface area contributed by atoms with E-state index in [9.17, 15) is 4.79 Å². The molecule has 5 nitrogen and oxygen atoms in total. The Labute approximate surface area is 152 Å². The van der Waals surface area contributed by atoms with Gasteiger partial charge in [-0.15, -0.1) is 0 Å². The molecule has 2 saturated heterocycles. The van der Waals surface area contributed by atoms with E-state index in [0.717, 1.165) is 54.9 Å². The maximum absolute atomic E-state index is 11.1. The van der Waals surface area contributed by atoms with E-state index in [1.54, 1.807) is 6.20 Å². The van der Waals surface area contributed by atoms with Gasteiger partial charge in [0.05, 0.1) is 31.4 Å². The van der Waals surface area contributed by atoms with Crippen molar-refractivity contribution in [2.24, 2.45) is 5.73 Å². The van der Waals surface area contributed by atoms with E-state index in [1.165, 1.54) is 5.56 Å². The topological polar surface area (TPSA) is 68.5 Å². The average molecular weight is 360 g/mol. The van der Waals surface area contributed by atoms with E-state index in [-0.39, 0.29) is 12.3 Å². The van der Waals surface area contributed by atoms with E-state index >= 15 is 0 Å². The van der Waals surface area contributed by atoms with Crippen LogP contribution < -0.4 is 5.73 Å². The molecule has 25 heavy (non-hydrogen) atoms. The Morgan fingerprint density at radius 2 is 2.00 bits per heavy atom. The molecular weight excluding hydrogens is 338 g/mol. The van der Waals surface area contributed by atoms with Gasteiger partial charge in [0.2, 0.25) is 5.91 Å². The molecule has 3 heterocycles. The number of pyridine rings is 1. The first-order chi connectivity index (χ1) is 12.1. The third-order valence-corrected chi connectivity index (χ3v) is 5.68. The normalized spacial score (nSPS) is 19.9. The SMILES string of the molecule is NC(=O)Cc1cc2cc(C3CCN(C4COC4)CC3)c(Cl)cc2cn1. The fourth-order valence-electron chi connectivity index (χ4n) is 3.83. The van der Waals surface area contributed by atoms with Crippen molar-refractivity contribution in [1.82, 2.24) is 9.88 Å². The number of halogens is 1. The number of fused-ring (bicyclic) bond motifs is 1. The first-order valence-corrected chi connectivity index (χ1v) is 9.16. The molecule has 0 aliphatic carbocycles. The van der Waals surface area contributed by atoms with Crippen molar-refractivity contribution >= 4 is 28.3 Å². The van der Waals surface area contributed by atoms with Gasteiger partial charge in [-0.2, -0.15) is 0 Å². The van der Waals surface area contributed by atoms with Crippen molar-refractivity contribution in [3.63, 3.8) is 0 Å². The Hall–Kier alpha value is -1.69. The van der Waals surface area contributed by atoms with E-state index in [1.807, 2.05) is 12.1 Å². The molecular formula is C19H22ClN3O2. The number of hydrogen-bond acceptors (Lipinski definition) is 4. The van der Waals surface area contributed by atoms with Gasteiger partial charge >= 0.3 is 0 Å². The van der Waals surface area contributed by atoms with Crippen LogP contribution in [-0.2, 0) is 16.0 Å². The number of carbonyl (C=O) groups excluding carboxylic acids is 1. The molecule has 0 radical (unpaired) electrons. The predicted molar refractivity (Wildman–Crippen MR) is 97.8 cm³/mol. The Morgan fingerprint density at radius 1 is 1.24 bits per heavy atom. The Bertz CT molecular complexity index is 799. The lowest BCUT2D eigenvalue weighted by Crippen LogP contribution is -2.51. The van der Waals surface area contributed by atoms with Crippen LogP contribution in [0.2, 0.25) is 5.02 Å². The lowest BCUT2D eigenvalue weighted by Gasteiger charge is -2.41. The molecule has 2 aliphatic heterocycles. The van der Waals surface area contributed by atoms with Gasteiger partial charge in [0, 0.05) is 16.6 Å². The number of benzene rings is 1. The van der Waals surface area contributed by atoms with Crippen LogP contribution >= 0.6 is 11.6 Å². The Balaban J connectivity index is 1.56. The van der Waals surface area contributed by atoms with Gasteiger partial charge in [-0.1, -0.05) is 11.6 Å². The van der Waals surface area contributed by atoms with Crippen molar-refractivity contribution < 1.29 is 9.53 Å². The fraction of sp³-hybridized carbons (Fsp3) is 0.474. The Morgan fingerprint density at radius 3 is 2.64 bits per heavy atom. The second kappa shape index (κ2) is 6.90. The molecule has 1 aromatic heterocycles. The number of carbonyl (C=O) groups is 1. The number of piperidine rings is 1. The molecule has 0 atom stereocenters. The summed E-state index contributed by atoms with van der Waals surface area (Å²) in [6.45, 7) is 3.93. The summed E-state index contributed by atoms with van der Waals surface area (Å²) >= 11 is 6.56. The van der Waals surface area contributed by atoms with Crippen molar-refractivity contribution in [3.8, 4) is 0 Å². The van der Waals surface area contributed by atoms with Gasteiger partial charge < -0.3 is 10.5 Å². The van der Waals surface area contributed by atoms with Crippen LogP contribution in [0.25, 0.3) is 10.8 Å². The zero-order valence-electron chi connectivity index (χ0n) is 14.1. The zero-order valence-corrected chi connectivity index (χ0v) is 14.8. The summed E-state index contributed by atoms with van der Waals surface area (Å²) in [5.41, 5.74) is 7.18. The number of rotatable bonds is 4. The second-order valence-corrected chi connectivity index (χ2v) is 7.45. The highest BCUT2D eigenvalue weighted by Gasteiger charge is 2.30. The summed E-state index contributed by atoms with van der Waals surface area (Å²) in [7, 11) is 0. The maximum atomic E-state index is 11.1. The summed E-state index contributed by atoms with van der Waals surface area (Å²) in [4.78, 5) is 18.0. The zero-order chi connectivity index (χ0) is 17.4. The third-order valence-electron chi connectivity index (χ3n) is 5.36. The molecule has 2 aromatic rings. The highest BCUT2D eigenvalue weighted by molar-refractivity contribution is 6.32. The van der Waals surface area contributed by atoms with Gasteiger partial charge in [-0.05, 0) is 61.0 Å².